The molecule has 0 N–H and O–H groups in total. The minimum Gasteiger partial charge on any atom is -0.437 e. The van der Waals surface area contributed by atoms with Crippen LogP contribution < -0.4 is 10.4 Å². The molecule has 0 amide bonds. The highest BCUT2D eigenvalue weighted by molar-refractivity contribution is 5.87. The minimum atomic E-state index is -0.826. The molecule has 1 atom stereocenters. The van der Waals surface area contributed by atoms with Crippen molar-refractivity contribution in [3.05, 3.63) is 147 Å². The van der Waals surface area contributed by atoms with Gasteiger partial charge in [-0.15, -0.1) is 5.10 Å². The Morgan fingerprint density at radius 3 is 2.37 bits per heavy atom. The first-order chi connectivity index (χ1) is 21.0. The summed E-state index contributed by atoms with van der Waals surface area (Å²) in [6, 6.07) is 31.2. The first kappa shape index (κ1) is 24.6. The van der Waals surface area contributed by atoms with Gasteiger partial charge in [0.2, 0.25) is 5.88 Å². The van der Waals surface area contributed by atoms with E-state index in [1.807, 2.05) is 60.7 Å². The average Bonchev–Trinajstić information content (AvgIpc) is 3.49. The highest BCUT2D eigenvalue weighted by Crippen LogP contribution is 2.49. The number of nitro groups is 1. The normalized spacial score (nSPS) is 13.8. The molecule has 0 bridgehead atoms. The summed E-state index contributed by atoms with van der Waals surface area (Å²) >= 11 is 0. The molecule has 0 radical (unpaired) electrons. The molecule has 43 heavy (non-hydrogen) atoms. The van der Waals surface area contributed by atoms with Gasteiger partial charge in [-0.05, 0) is 28.8 Å². The molecule has 3 aromatic heterocycles. The molecule has 8 rings (SSSR count). The van der Waals surface area contributed by atoms with Gasteiger partial charge < -0.3 is 9.15 Å². The van der Waals surface area contributed by atoms with E-state index in [1.54, 1.807) is 30.3 Å². The largest absolute Gasteiger partial charge is 0.437 e. The minimum absolute atomic E-state index is 0.113. The summed E-state index contributed by atoms with van der Waals surface area (Å²) in [6.45, 7) is 0. The molecule has 0 spiro atoms. The number of non-ortho nitro benzene ring substituents is 1. The van der Waals surface area contributed by atoms with Crippen molar-refractivity contribution >= 4 is 22.3 Å². The second kappa shape index (κ2) is 9.45. The summed E-state index contributed by atoms with van der Waals surface area (Å²) in [6.07, 6.45) is 1.51. The number of rotatable bonds is 4. The molecule has 7 aromatic rings. The van der Waals surface area contributed by atoms with E-state index in [1.165, 1.54) is 23.0 Å². The van der Waals surface area contributed by atoms with Gasteiger partial charge in [0, 0.05) is 17.7 Å². The van der Waals surface area contributed by atoms with Gasteiger partial charge in [0.25, 0.3) is 5.69 Å². The molecule has 206 valence electrons. The van der Waals surface area contributed by atoms with Crippen molar-refractivity contribution in [2.45, 2.75) is 5.92 Å². The second-order valence-electron chi connectivity index (χ2n) is 10.1. The first-order valence-corrected chi connectivity index (χ1v) is 13.4. The summed E-state index contributed by atoms with van der Waals surface area (Å²) < 4.78 is 13.5. The van der Waals surface area contributed by atoms with Gasteiger partial charge in [0.05, 0.1) is 27.4 Å². The van der Waals surface area contributed by atoms with Gasteiger partial charge in [-0.3, -0.25) is 10.1 Å². The van der Waals surface area contributed by atoms with Crippen molar-refractivity contribution in [2.24, 2.45) is 0 Å². The van der Waals surface area contributed by atoms with Crippen LogP contribution in [-0.2, 0) is 0 Å². The predicted octanol–water partition coefficient (Wildman–Crippen LogP) is 6.76. The van der Waals surface area contributed by atoms with Crippen LogP contribution in [0.3, 0.4) is 0 Å². The van der Waals surface area contributed by atoms with Crippen molar-refractivity contribution in [1.29, 1.82) is 0 Å². The Hall–Kier alpha value is -6.16. The number of hydrogen-bond acceptors (Lipinski definition) is 8. The van der Waals surface area contributed by atoms with E-state index < -0.39 is 16.5 Å². The highest BCUT2D eigenvalue weighted by atomic mass is 16.6. The van der Waals surface area contributed by atoms with Crippen LogP contribution in [0.1, 0.15) is 22.6 Å². The summed E-state index contributed by atoms with van der Waals surface area (Å²) in [5.41, 5.74) is 4.13. The lowest BCUT2D eigenvalue weighted by Crippen LogP contribution is -2.22. The fourth-order valence-electron chi connectivity index (χ4n) is 5.65. The second-order valence-corrected chi connectivity index (χ2v) is 10.1. The van der Waals surface area contributed by atoms with E-state index in [-0.39, 0.29) is 17.1 Å². The zero-order valence-corrected chi connectivity index (χ0v) is 22.2. The standard InChI is InChI=1S/C33H19N5O5/c39-33-27-26(22-9-6-10-23(17-22)38(40)41)28-31-35-30(21-15-13-20(14-16-21)19-7-2-1-3-8-19)36-37(31)18-34-32(28)43-29(27)24-11-4-5-12-25(24)42-33/h1-18,26H. The van der Waals surface area contributed by atoms with E-state index in [9.17, 15) is 14.9 Å². The molecule has 1 aliphatic heterocycles. The Morgan fingerprint density at radius 2 is 1.56 bits per heavy atom. The number of benzene rings is 4. The van der Waals surface area contributed by atoms with Gasteiger partial charge in [-0.2, -0.15) is 0 Å². The molecule has 0 aliphatic carbocycles. The number of nitrogens with zero attached hydrogens (tertiary/aromatic N) is 5. The van der Waals surface area contributed by atoms with Gasteiger partial charge in [0.1, 0.15) is 11.9 Å². The topological polar surface area (TPSA) is 126 Å². The highest BCUT2D eigenvalue weighted by Gasteiger charge is 2.38. The number of hydrogen-bond donors (Lipinski definition) is 0. The Labute approximate surface area is 242 Å². The third kappa shape index (κ3) is 3.96. The van der Waals surface area contributed by atoms with Crippen molar-refractivity contribution in [3.8, 4) is 34.1 Å². The van der Waals surface area contributed by atoms with E-state index in [2.05, 4.69) is 10.1 Å². The van der Waals surface area contributed by atoms with Crippen molar-refractivity contribution < 1.29 is 14.1 Å². The zero-order valence-electron chi connectivity index (χ0n) is 22.2. The molecule has 4 aromatic carbocycles. The van der Waals surface area contributed by atoms with Crippen LogP contribution in [0.2, 0.25) is 0 Å². The van der Waals surface area contributed by atoms with Gasteiger partial charge >= 0.3 is 5.63 Å². The number of para-hydroxylation sites is 1. The molecule has 1 aliphatic rings. The lowest BCUT2D eigenvalue weighted by atomic mass is 9.84. The van der Waals surface area contributed by atoms with Crippen LogP contribution in [-0.4, -0.2) is 24.5 Å². The lowest BCUT2D eigenvalue weighted by Gasteiger charge is -2.27. The maximum absolute atomic E-state index is 13.6. The molecule has 4 heterocycles. The third-order valence-electron chi connectivity index (χ3n) is 7.63. The zero-order chi connectivity index (χ0) is 29.1. The Kier molecular flexibility index (Phi) is 5.41. The summed E-state index contributed by atoms with van der Waals surface area (Å²) in [4.78, 5) is 34.2. The summed E-state index contributed by atoms with van der Waals surface area (Å²) in [7, 11) is 0. The molecule has 0 saturated heterocycles. The number of aromatic nitrogens is 4. The third-order valence-corrected chi connectivity index (χ3v) is 7.63. The number of fused-ring (bicyclic) bond motifs is 6. The van der Waals surface area contributed by atoms with E-state index >= 15 is 0 Å². The van der Waals surface area contributed by atoms with E-state index in [4.69, 9.17) is 14.1 Å². The van der Waals surface area contributed by atoms with Crippen LogP contribution in [0.4, 0.5) is 5.69 Å². The van der Waals surface area contributed by atoms with Crippen LogP contribution >= 0.6 is 0 Å². The van der Waals surface area contributed by atoms with E-state index in [0.717, 1.165) is 16.7 Å². The van der Waals surface area contributed by atoms with Gasteiger partial charge in [0.15, 0.2) is 17.2 Å². The predicted molar refractivity (Wildman–Crippen MR) is 158 cm³/mol. The molecule has 0 fully saturated rings. The Balaban J connectivity index is 1.34. The van der Waals surface area contributed by atoms with Crippen LogP contribution in [0, 0.1) is 10.1 Å². The van der Waals surface area contributed by atoms with Crippen LogP contribution in [0.15, 0.2) is 119 Å². The van der Waals surface area contributed by atoms with Gasteiger partial charge in [-0.1, -0.05) is 78.9 Å². The summed E-state index contributed by atoms with van der Waals surface area (Å²) in [5, 5.41) is 17.0. The quantitative estimate of drug-likeness (QED) is 0.130. The Bertz CT molecular complexity index is 2280. The van der Waals surface area contributed by atoms with Gasteiger partial charge in [-0.25, -0.2) is 19.3 Å². The van der Waals surface area contributed by atoms with E-state index in [0.29, 0.717) is 39.3 Å². The van der Waals surface area contributed by atoms with Crippen LogP contribution in [0.25, 0.3) is 39.1 Å². The maximum Gasteiger partial charge on any atom is 0.344 e. The number of ether oxygens (including phenoxy) is 1. The Morgan fingerprint density at radius 1 is 0.814 bits per heavy atom. The summed E-state index contributed by atoms with van der Waals surface area (Å²) in [5.74, 6) is 0.145. The van der Waals surface area contributed by atoms with Crippen LogP contribution in [0.5, 0.6) is 11.6 Å². The molecular weight excluding hydrogens is 546 g/mol. The fraction of sp³-hybridized carbons (Fsp3) is 0.0303. The fourth-order valence-corrected chi connectivity index (χ4v) is 5.65. The van der Waals surface area contributed by atoms with Crippen molar-refractivity contribution in [1.82, 2.24) is 19.6 Å². The van der Waals surface area contributed by atoms with Crippen molar-refractivity contribution in [2.75, 3.05) is 0 Å². The first-order valence-electron chi connectivity index (χ1n) is 13.4. The van der Waals surface area contributed by atoms with Crippen molar-refractivity contribution in [3.63, 3.8) is 0 Å². The molecule has 10 heteroatoms. The molecule has 0 saturated carbocycles. The molecular formula is C33H19N5O5. The average molecular weight is 566 g/mol. The SMILES string of the molecule is O=c1oc2ccccc2c2c1C(c1cccc([N+](=O)[O-])c1)c1c(ncn3nc(-c4ccc(-c5ccccc5)cc4)nc13)O2. The lowest BCUT2D eigenvalue weighted by molar-refractivity contribution is -0.384. The smallest absolute Gasteiger partial charge is 0.344 e. The number of nitro benzene ring substituents is 1. The maximum atomic E-state index is 13.6. The monoisotopic (exact) mass is 565 g/mol. The molecule has 10 nitrogen and oxygen atoms in total. The molecule has 1 unspecified atom stereocenters.